The highest BCUT2D eigenvalue weighted by atomic mass is 19.1. The summed E-state index contributed by atoms with van der Waals surface area (Å²) in [6.07, 6.45) is 2.96. The normalized spacial score (nSPS) is 15.9. The number of aliphatic imine (C=N–C) groups is 1. The van der Waals surface area contributed by atoms with Crippen LogP contribution in [-0.2, 0) is 11.2 Å². The Hall–Kier alpha value is -2.63. The van der Waals surface area contributed by atoms with E-state index in [2.05, 4.69) is 16.9 Å². The van der Waals surface area contributed by atoms with Crippen LogP contribution in [0.1, 0.15) is 51.3 Å². The monoisotopic (exact) mass is 373 g/mol. The van der Waals surface area contributed by atoms with Crippen LogP contribution in [0.5, 0.6) is 0 Å². The van der Waals surface area contributed by atoms with Crippen molar-refractivity contribution >= 4 is 12.3 Å². The van der Waals surface area contributed by atoms with E-state index < -0.39 is 0 Å². The molecule has 0 saturated carbocycles. The second-order valence-corrected chi connectivity index (χ2v) is 6.58. The summed E-state index contributed by atoms with van der Waals surface area (Å²) in [5.74, 6) is 0.280. The lowest BCUT2D eigenvalue weighted by Gasteiger charge is -2.27. The van der Waals surface area contributed by atoms with Crippen LogP contribution in [0.15, 0.2) is 46.9 Å². The molecule has 146 valence electrons. The van der Waals surface area contributed by atoms with E-state index in [0.29, 0.717) is 12.4 Å². The summed E-state index contributed by atoms with van der Waals surface area (Å²) in [6, 6.07) is 5.19. The third kappa shape index (κ3) is 5.18. The molecule has 1 unspecified atom stereocenters. The van der Waals surface area contributed by atoms with Crippen LogP contribution in [0.25, 0.3) is 0 Å². The Kier molecular flexibility index (Phi) is 7.16. The van der Waals surface area contributed by atoms with Gasteiger partial charge in [0.25, 0.3) is 0 Å². The van der Waals surface area contributed by atoms with Crippen molar-refractivity contribution in [2.75, 3.05) is 13.2 Å². The van der Waals surface area contributed by atoms with Gasteiger partial charge in [0.05, 0.1) is 6.04 Å². The molecule has 0 saturated heterocycles. The van der Waals surface area contributed by atoms with E-state index in [0.717, 1.165) is 35.2 Å². The molecule has 1 atom stereocenters. The van der Waals surface area contributed by atoms with E-state index in [-0.39, 0.29) is 24.6 Å². The molecule has 0 aliphatic carbocycles. The lowest BCUT2D eigenvalue weighted by atomic mass is 10.0. The number of benzene rings is 1. The van der Waals surface area contributed by atoms with Gasteiger partial charge in [-0.05, 0) is 44.4 Å². The SMILES string of the molecule is C=C(/N=C\C1=C(C)N(CC)C(=O)OC1)NC(C)c1ccc(CCC)c(F)c1. The van der Waals surface area contributed by atoms with Crippen molar-refractivity contribution in [3.8, 4) is 0 Å². The second kappa shape index (κ2) is 9.35. The number of nitrogens with zero attached hydrogens (tertiary/aromatic N) is 2. The third-order valence-electron chi connectivity index (χ3n) is 4.61. The minimum Gasteiger partial charge on any atom is -0.444 e. The van der Waals surface area contributed by atoms with Gasteiger partial charge in [-0.15, -0.1) is 0 Å². The molecule has 5 nitrogen and oxygen atoms in total. The van der Waals surface area contributed by atoms with Crippen LogP contribution in [0.2, 0.25) is 0 Å². The molecule has 1 heterocycles. The Bertz CT molecular complexity index is 771. The maximum Gasteiger partial charge on any atom is 0.414 e. The van der Waals surface area contributed by atoms with Gasteiger partial charge in [-0.1, -0.05) is 32.1 Å². The molecule has 1 aliphatic rings. The molecular formula is C21H28FN3O2. The largest absolute Gasteiger partial charge is 0.444 e. The third-order valence-corrected chi connectivity index (χ3v) is 4.61. The molecule has 27 heavy (non-hydrogen) atoms. The second-order valence-electron chi connectivity index (χ2n) is 6.58. The molecule has 0 aromatic heterocycles. The molecule has 1 N–H and O–H groups in total. The predicted molar refractivity (Wildman–Crippen MR) is 106 cm³/mol. The number of cyclic esters (lactones) is 1. The first-order chi connectivity index (χ1) is 12.9. The standard InChI is InChI=1S/C21H28FN3O2/c1-6-8-17-9-10-18(11-20(17)22)14(3)24-16(5)23-12-19-13-27-21(26)25(7-2)15(19)4/h9-12,14,24H,5-8,13H2,1-4H3/b23-12-. The van der Waals surface area contributed by atoms with E-state index in [1.807, 2.05) is 39.8 Å². The first-order valence-electron chi connectivity index (χ1n) is 9.29. The topological polar surface area (TPSA) is 53.9 Å². The summed E-state index contributed by atoms with van der Waals surface area (Å²) >= 11 is 0. The van der Waals surface area contributed by atoms with Crippen molar-refractivity contribution in [1.29, 1.82) is 0 Å². The summed E-state index contributed by atoms with van der Waals surface area (Å²) in [4.78, 5) is 17.6. The number of aryl methyl sites for hydroxylation is 1. The van der Waals surface area contributed by atoms with Gasteiger partial charge in [-0.3, -0.25) is 4.90 Å². The van der Waals surface area contributed by atoms with E-state index in [4.69, 9.17) is 4.74 Å². The highest BCUT2D eigenvalue weighted by Gasteiger charge is 2.23. The lowest BCUT2D eigenvalue weighted by Crippen LogP contribution is -2.35. The quantitative estimate of drug-likeness (QED) is 0.671. The molecule has 6 heteroatoms. The maximum absolute atomic E-state index is 14.1. The zero-order chi connectivity index (χ0) is 20.0. The van der Waals surface area contributed by atoms with Crippen LogP contribution in [0, 0.1) is 5.82 Å². The molecule has 1 aliphatic heterocycles. The van der Waals surface area contributed by atoms with Crippen molar-refractivity contribution in [2.24, 2.45) is 4.99 Å². The minimum atomic E-state index is -0.341. The van der Waals surface area contributed by atoms with Crippen molar-refractivity contribution < 1.29 is 13.9 Å². The van der Waals surface area contributed by atoms with Crippen LogP contribution in [0.3, 0.4) is 0 Å². The Balaban J connectivity index is 2.02. The van der Waals surface area contributed by atoms with Gasteiger partial charge in [0, 0.05) is 24.0 Å². The fraction of sp³-hybridized carbons (Fsp3) is 0.429. The van der Waals surface area contributed by atoms with Crippen molar-refractivity contribution in [1.82, 2.24) is 10.2 Å². The number of hydrogen-bond donors (Lipinski definition) is 1. The van der Waals surface area contributed by atoms with Crippen LogP contribution in [0.4, 0.5) is 9.18 Å². The number of amides is 1. The summed E-state index contributed by atoms with van der Waals surface area (Å²) < 4.78 is 19.3. The Labute approximate surface area is 160 Å². The Morgan fingerprint density at radius 3 is 2.85 bits per heavy atom. The number of rotatable bonds is 8. The Morgan fingerprint density at radius 1 is 1.48 bits per heavy atom. The molecule has 0 fully saturated rings. The molecular weight excluding hydrogens is 345 g/mol. The van der Waals surface area contributed by atoms with Gasteiger partial charge in [0.1, 0.15) is 18.2 Å². The number of carbonyl (C=O) groups is 1. The van der Waals surface area contributed by atoms with E-state index in [1.165, 1.54) is 0 Å². The van der Waals surface area contributed by atoms with Crippen molar-refractivity contribution in [3.63, 3.8) is 0 Å². The van der Waals surface area contributed by atoms with Gasteiger partial charge in [0.2, 0.25) is 0 Å². The Morgan fingerprint density at radius 2 is 2.22 bits per heavy atom. The van der Waals surface area contributed by atoms with Crippen LogP contribution < -0.4 is 5.32 Å². The zero-order valence-corrected chi connectivity index (χ0v) is 16.5. The fourth-order valence-corrected chi connectivity index (χ4v) is 2.96. The van der Waals surface area contributed by atoms with E-state index >= 15 is 0 Å². The lowest BCUT2D eigenvalue weighted by molar-refractivity contribution is 0.114. The molecule has 1 aromatic rings. The van der Waals surface area contributed by atoms with Crippen molar-refractivity contribution in [3.05, 3.63) is 58.8 Å². The summed E-state index contributed by atoms with van der Waals surface area (Å²) in [5, 5.41) is 3.16. The number of halogens is 1. The number of allylic oxidation sites excluding steroid dienone is 1. The molecule has 0 radical (unpaired) electrons. The number of ether oxygens (including phenoxy) is 1. The molecule has 2 rings (SSSR count). The number of carbonyl (C=O) groups excluding carboxylic acids is 1. The van der Waals surface area contributed by atoms with Gasteiger partial charge in [0.15, 0.2) is 0 Å². The van der Waals surface area contributed by atoms with Gasteiger partial charge in [-0.2, -0.15) is 0 Å². The molecule has 0 spiro atoms. The first-order valence-corrected chi connectivity index (χ1v) is 9.29. The molecule has 0 bridgehead atoms. The van der Waals surface area contributed by atoms with Crippen LogP contribution in [-0.4, -0.2) is 30.4 Å². The smallest absolute Gasteiger partial charge is 0.414 e. The highest BCUT2D eigenvalue weighted by Crippen LogP contribution is 2.20. The number of hydrogen-bond acceptors (Lipinski definition) is 4. The molecule has 1 aromatic carbocycles. The van der Waals surface area contributed by atoms with Crippen LogP contribution >= 0.6 is 0 Å². The molecule has 1 amide bonds. The van der Waals surface area contributed by atoms with Gasteiger partial charge in [-0.25, -0.2) is 14.2 Å². The fourth-order valence-electron chi connectivity index (χ4n) is 2.96. The number of nitrogens with one attached hydrogen (secondary N) is 1. The average Bonchev–Trinajstić information content (AvgIpc) is 2.63. The summed E-state index contributed by atoms with van der Waals surface area (Å²) in [6.45, 7) is 12.4. The van der Waals surface area contributed by atoms with Gasteiger partial charge >= 0.3 is 6.09 Å². The first kappa shape index (κ1) is 20.7. The van der Waals surface area contributed by atoms with Crippen molar-refractivity contribution in [2.45, 2.75) is 46.6 Å². The highest BCUT2D eigenvalue weighted by molar-refractivity contribution is 5.84. The van der Waals surface area contributed by atoms with E-state index in [1.54, 1.807) is 17.2 Å². The predicted octanol–water partition coefficient (Wildman–Crippen LogP) is 4.72. The average molecular weight is 373 g/mol. The van der Waals surface area contributed by atoms with Gasteiger partial charge < -0.3 is 10.1 Å². The minimum absolute atomic E-state index is 0.133. The maximum atomic E-state index is 14.1. The van der Waals surface area contributed by atoms with E-state index in [9.17, 15) is 9.18 Å². The summed E-state index contributed by atoms with van der Waals surface area (Å²) in [5.41, 5.74) is 3.22. The zero-order valence-electron chi connectivity index (χ0n) is 16.5. The summed E-state index contributed by atoms with van der Waals surface area (Å²) in [7, 11) is 0.